The lowest BCUT2D eigenvalue weighted by molar-refractivity contribution is 0.111. The molecule has 3 aromatic rings. The summed E-state index contributed by atoms with van der Waals surface area (Å²) >= 11 is 0. The van der Waals surface area contributed by atoms with E-state index < -0.39 is 0 Å². The average Bonchev–Trinajstić information content (AvgIpc) is 2.53. The molecule has 0 atom stereocenters. The molecule has 0 amide bonds. The fourth-order valence-corrected chi connectivity index (χ4v) is 2.67. The second-order valence-corrected chi connectivity index (χ2v) is 5.48. The van der Waals surface area contributed by atoms with E-state index in [0.717, 1.165) is 28.3 Å². The smallest absolute Gasteiger partial charge is 0.168 e. The first-order valence-corrected chi connectivity index (χ1v) is 7.15. The largest absolute Gasteiger partial charge is 0.296 e. The number of aldehydes is 1. The van der Waals surface area contributed by atoms with E-state index in [2.05, 4.69) is 49.2 Å². The molecule has 0 spiro atoms. The lowest BCUT2D eigenvalue weighted by atomic mass is 9.94. The predicted molar refractivity (Wildman–Crippen MR) is 86.7 cm³/mol. The van der Waals surface area contributed by atoms with Crippen LogP contribution >= 0.6 is 0 Å². The molecule has 2 nitrogen and oxygen atoms in total. The summed E-state index contributed by atoms with van der Waals surface area (Å²) in [5.74, 6) is 0.367. The molecule has 1 heterocycles. The number of carbonyl (C=O) groups excluding carboxylic acids is 1. The van der Waals surface area contributed by atoms with Crippen molar-refractivity contribution in [1.82, 2.24) is 4.98 Å². The lowest BCUT2D eigenvalue weighted by Gasteiger charge is -2.13. The quantitative estimate of drug-likeness (QED) is 0.640. The minimum Gasteiger partial charge on any atom is -0.296 e. The van der Waals surface area contributed by atoms with Gasteiger partial charge in [-0.25, -0.2) is 4.98 Å². The maximum absolute atomic E-state index is 11.3. The van der Waals surface area contributed by atoms with E-state index >= 15 is 0 Å². The highest BCUT2D eigenvalue weighted by molar-refractivity contribution is 5.98. The molecule has 0 aliphatic carbocycles. The first-order valence-electron chi connectivity index (χ1n) is 7.15. The van der Waals surface area contributed by atoms with Crippen LogP contribution in [0.3, 0.4) is 0 Å². The van der Waals surface area contributed by atoms with Gasteiger partial charge in [0.2, 0.25) is 0 Å². The van der Waals surface area contributed by atoms with Crippen LogP contribution in [-0.4, -0.2) is 11.3 Å². The SMILES string of the molecule is CC(C)c1cccc2c(-c3ccccc3)cc(C=O)nc12. The van der Waals surface area contributed by atoms with Crippen molar-refractivity contribution < 1.29 is 4.79 Å². The van der Waals surface area contributed by atoms with Gasteiger partial charge in [-0.1, -0.05) is 62.4 Å². The minimum atomic E-state index is 0.367. The van der Waals surface area contributed by atoms with Gasteiger partial charge in [0.1, 0.15) is 5.69 Å². The van der Waals surface area contributed by atoms with Crippen molar-refractivity contribution in [3.05, 3.63) is 65.9 Å². The van der Waals surface area contributed by atoms with Crippen LogP contribution in [0, 0.1) is 0 Å². The third-order valence-electron chi connectivity index (χ3n) is 3.72. The molecule has 0 N–H and O–H groups in total. The lowest BCUT2D eigenvalue weighted by Crippen LogP contribution is -1.97. The zero-order chi connectivity index (χ0) is 14.8. The van der Waals surface area contributed by atoms with Crippen LogP contribution in [0.4, 0.5) is 0 Å². The summed E-state index contributed by atoms with van der Waals surface area (Å²) in [7, 11) is 0. The summed E-state index contributed by atoms with van der Waals surface area (Å²) in [5.41, 5.74) is 4.75. The molecule has 0 saturated carbocycles. The molecule has 3 rings (SSSR count). The molecule has 0 aliphatic rings. The summed E-state index contributed by atoms with van der Waals surface area (Å²) in [4.78, 5) is 15.8. The van der Waals surface area contributed by atoms with Gasteiger partial charge in [0.05, 0.1) is 5.52 Å². The molecule has 0 fully saturated rings. The van der Waals surface area contributed by atoms with Gasteiger partial charge in [-0.05, 0) is 28.7 Å². The molecule has 0 bridgehead atoms. The number of para-hydroxylation sites is 1. The first kappa shape index (κ1) is 13.5. The van der Waals surface area contributed by atoms with E-state index in [0.29, 0.717) is 11.6 Å². The number of rotatable bonds is 3. The Balaban J connectivity index is 2.39. The van der Waals surface area contributed by atoms with Crippen molar-refractivity contribution in [2.75, 3.05) is 0 Å². The van der Waals surface area contributed by atoms with Gasteiger partial charge >= 0.3 is 0 Å². The normalized spacial score (nSPS) is 11.0. The number of fused-ring (bicyclic) bond motifs is 1. The van der Waals surface area contributed by atoms with Crippen molar-refractivity contribution in [1.29, 1.82) is 0 Å². The monoisotopic (exact) mass is 275 g/mol. The summed E-state index contributed by atoms with van der Waals surface area (Å²) in [6.07, 6.45) is 0.822. The van der Waals surface area contributed by atoms with Crippen LogP contribution in [0.1, 0.15) is 35.8 Å². The van der Waals surface area contributed by atoms with Crippen molar-refractivity contribution in [2.24, 2.45) is 0 Å². The number of nitrogens with zero attached hydrogens (tertiary/aromatic N) is 1. The molecule has 1 aromatic heterocycles. The molecular weight excluding hydrogens is 258 g/mol. The Morgan fingerprint density at radius 2 is 1.76 bits per heavy atom. The van der Waals surface area contributed by atoms with E-state index in [1.54, 1.807) is 0 Å². The van der Waals surface area contributed by atoms with E-state index in [1.165, 1.54) is 5.56 Å². The second-order valence-electron chi connectivity index (χ2n) is 5.48. The molecule has 2 heteroatoms. The Morgan fingerprint density at radius 1 is 1.00 bits per heavy atom. The van der Waals surface area contributed by atoms with Gasteiger partial charge in [-0.2, -0.15) is 0 Å². The van der Waals surface area contributed by atoms with Crippen LogP contribution in [0.2, 0.25) is 0 Å². The van der Waals surface area contributed by atoms with Gasteiger partial charge in [0, 0.05) is 5.39 Å². The van der Waals surface area contributed by atoms with Gasteiger partial charge in [0.25, 0.3) is 0 Å². The predicted octanol–water partition coefficient (Wildman–Crippen LogP) is 4.84. The number of pyridine rings is 1. The maximum Gasteiger partial charge on any atom is 0.168 e. The Bertz CT molecular complexity index is 791. The average molecular weight is 275 g/mol. The first-order chi connectivity index (χ1) is 10.2. The van der Waals surface area contributed by atoms with Gasteiger partial charge in [-0.3, -0.25) is 4.79 Å². The summed E-state index contributed by atoms with van der Waals surface area (Å²) in [6.45, 7) is 4.29. The zero-order valence-corrected chi connectivity index (χ0v) is 12.2. The standard InChI is InChI=1S/C19H17NO/c1-13(2)16-9-6-10-17-18(14-7-4-3-5-8-14)11-15(12-21)20-19(16)17/h3-13H,1-2H3. The van der Waals surface area contributed by atoms with Crippen LogP contribution in [0.5, 0.6) is 0 Å². The highest BCUT2D eigenvalue weighted by atomic mass is 16.1. The summed E-state index contributed by atoms with van der Waals surface area (Å²) < 4.78 is 0. The highest BCUT2D eigenvalue weighted by Gasteiger charge is 2.12. The zero-order valence-electron chi connectivity index (χ0n) is 12.2. The van der Waals surface area contributed by atoms with E-state index in [9.17, 15) is 4.79 Å². The van der Waals surface area contributed by atoms with Gasteiger partial charge in [0.15, 0.2) is 6.29 Å². The van der Waals surface area contributed by atoms with Crippen LogP contribution in [-0.2, 0) is 0 Å². The van der Waals surface area contributed by atoms with Crippen molar-refractivity contribution in [3.63, 3.8) is 0 Å². The van der Waals surface area contributed by atoms with Crippen molar-refractivity contribution in [3.8, 4) is 11.1 Å². The number of hydrogen-bond donors (Lipinski definition) is 0. The number of carbonyl (C=O) groups is 1. The molecular formula is C19H17NO. The van der Waals surface area contributed by atoms with E-state index in [-0.39, 0.29) is 0 Å². The number of hydrogen-bond acceptors (Lipinski definition) is 2. The minimum absolute atomic E-state index is 0.367. The fraction of sp³-hybridized carbons (Fsp3) is 0.158. The summed E-state index contributed by atoms with van der Waals surface area (Å²) in [6, 6.07) is 18.2. The van der Waals surface area contributed by atoms with Crippen molar-refractivity contribution >= 4 is 17.2 Å². The fourth-order valence-electron chi connectivity index (χ4n) is 2.67. The van der Waals surface area contributed by atoms with Gasteiger partial charge < -0.3 is 0 Å². The van der Waals surface area contributed by atoms with E-state index in [1.807, 2.05) is 24.3 Å². The van der Waals surface area contributed by atoms with Gasteiger partial charge in [-0.15, -0.1) is 0 Å². The highest BCUT2D eigenvalue weighted by Crippen LogP contribution is 2.32. The molecule has 0 aliphatic heterocycles. The molecule has 0 radical (unpaired) electrons. The molecule has 0 unspecified atom stereocenters. The number of aromatic nitrogens is 1. The van der Waals surface area contributed by atoms with Crippen LogP contribution in [0.25, 0.3) is 22.0 Å². The topological polar surface area (TPSA) is 30.0 Å². The third kappa shape index (κ3) is 2.45. The van der Waals surface area contributed by atoms with Crippen LogP contribution in [0.15, 0.2) is 54.6 Å². The van der Waals surface area contributed by atoms with E-state index in [4.69, 9.17) is 0 Å². The Morgan fingerprint density at radius 3 is 2.43 bits per heavy atom. The summed E-state index contributed by atoms with van der Waals surface area (Å²) in [5, 5.41) is 1.10. The molecule has 104 valence electrons. The Kier molecular flexibility index (Phi) is 3.53. The second kappa shape index (κ2) is 5.49. The number of benzene rings is 2. The Labute approximate surface area is 124 Å². The molecule has 21 heavy (non-hydrogen) atoms. The third-order valence-corrected chi connectivity index (χ3v) is 3.72. The maximum atomic E-state index is 11.3. The van der Waals surface area contributed by atoms with Crippen molar-refractivity contribution in [2.45, 2.75) is 19.8 Å². The van der Waals surface area contributed by atoms with Crippen LogP contribution < -0.4 is 0 Å². The molecule has 2 aromatic carbocycles. The molecule has 0 saturated heterocycles. The Hall–Kier alpha value is -2.48.